The number of carbonyl (C=O) groups is 1. The average Bonchev–Trinajstić information content (AvgIpc) is 2.69. The van der Waals surface area contributed by atoms with E-state index in [9.17, 15) is 14.0 Å². The number of rotatable bonds is 4. The van der Waals surface area contributed by atoms with Crippen molar-refractivity contribution in [3.05, 3.63) is 64.6 Å². The number of hydrogen-bond acceptors (Lipinski definition) is 4. The van der Waals surface area contributed by atoms with Crippen molar-refractivity contribution < 1.29 is 9.18 Å². The highest BCUT2D eigenvalue weighted by Gasteiger charge is 2.21. The second-order valence-corrected chi connectivity index (χ2v) is 8.72. The van der Waals surface area contributed by atoms with Gasteiger partial charge in [0.25, 0.3) is 0 Å². The third-order valence-electron chi connectivity index (χ3n) is 5.29. The molecule has 1 saturated heterocycles. The van der Waals surface area contributed by atoms with Crippen LogP contribution in [-0.4, -0.2) is 30.4 Å². The molecular weight excluding hydrogens is 387 g/mol. The van der Waals surface area contributed by atoms with Crippen LogP contribution in [0.2, 0.25) is 0 Å². The minimum atomic E-state index is -0.365. The Hall–Kier alpha value is -2.57. The highest BCUT2D eigenvalue weighted by atomic mass is 32.1. The van der Waals surface area contributed by atoms with Gasteiger partial charge in [-0.3, -0.25) is 14.5 Å². The number of halogens is 1. The molecule has 0 saturated carbocycles. The van der Waals surface area contributed by atoms with Gasteiger partial charge in [0.1, 0.15) is 10.8 Å². The van der Waals surface area contributed by atoms with Gasteiger partial charge in [-0.2, -0.15) is 0 Å². The van der Waals surface area contributed by atoms with Gasteiger partial charge in [-0.15, -0.1) is 11.3 Å². The predicted molar refractivity (Wildman–Crippen MR) is 117 cm³/mol. The fourth-order valence-electron chi connectivity index (χ4n) is 3.91. The van der Waals surface area contributed by atoms with Gasteiger partial charge >= 0.3 is 0 Å². The van der Waals surface area contributed by atoms with Crippen LogP contribution in [0.15, 0.2) is 53.3 Å². The van der Waals surface area contributed by atoms with Crippen LogP contribution < -0.4 is 10.7 Å². The standard InChI is InChI=1S/C23H23FN2O2S/c1-15-5-4-12-26(13-15)14-20(27)25-23-21(16-8-10-17(24)11-9-16)22(28)18-6-2-3-7-19(18)29-23/h2-3,6-11,15H,4-5,12-14H2,1H3,(H,25,27)/t15-/m0/s1. The van der Waals surface area contributed by atoms with Crippen LogP contribution in [0.1, 0.15) is 19.8 Å². The summed E-state index contributed by atoms with van der Waals surface area (Å²) in [4.78, 5) is 28.1. The number of benzene rings is 2. The lowest BCUT2D eigenvalue weighted by Crippen LogP contribution is -2.39. The fraction of sp³-hybridized carbons (Fsp3) is 0.304. The molecule has 6 heteroatoms. The van der Waals surface area contributed by atoms with Crippen molar-refractivity contribution in [2.24, 2.45) is 5.92 Å². The van der Waals surface area contributed by atoms with E-state index in [4.69, 9.17) is 0 Å². The molecular formula is C23H23FN2O2S. The van der Waals surface area contributed by atoms with E-state index in [1.54, 1.807) is 18.2 Å². The quantitative estimate of drug-likeness (QED) is 0.676. The summed E-state index contributed by atoms with van der Waals surface area (Å²) in [7, 11) is 0. The van der Waals surface area contributed by atoms with Crippen molar-refractivity contribution >= 4 is 32.3 Å². The summed E-state index contributed by atoms with van der Waals surface area (Å²) in [6, 6.07) is 13.2. The molecule has 1 aliphatic heterocycles. The first-order valence-corrected chi connectivity index (χ1v) is 10.7. The predicted octanol–water partition coefficient (Wildman–Crippen LogP) is 4.74. The summed E-state index contributed by atoms with van der Waals surface area (Å²) < 4.78 is 14.2. The van der Waals surface area contributed by atoms with Crippen molar-refractivity contribution in [2.45, 2.75) is 19.8 Å². The summed E-state index contributed by atoms with van der Waals surface area (Å²) in [5.41, 5.74) is 0.849. The lowest BCUT2D eigenvalue weighted by Gasteiger charge is -2.30. The van der Waals surface area contributed by atoms with Crippen LogP contribution >= 0.6 is 11.3 Å². The van der Waals surface area contributed by atoms with Crippen molar-refractivity contribution in [3.8, 4) is 11.1 Å². The minimum absolute atomic E-state index is 0.131. The number of hydrogen-bond donors (Lipinski definition) is 1. The molecule has 1 aliphatic rings. The average molecular weight is 411 g/mol. The second kappa shape index (κ2) is 8.43. The molecule has 0 unspecified atom stereocenters. The number of likely N-dealkylation sites (tertiary alicyclic amines) is 1. The molecule has 0 bridgehead atoms. The zero-order valence-electron chi connectivity index (χ0n) is 16.3. The molecule has 4 rings (SSSR count). The Morgan fingerprint density at radius 3 is 2.72 bits per heavy atom. The zero-order chi connectivity index (χ0) is 20.4. The molecule has 3 aromatic rings. The first-order valence-electron chi connectivity index (χ1n) is 9.85. The van der Waals surface area contributed by atoms with E-state index in [0.29, 0.717) is 34.0 Å². The van der Waals surface area contributed by atoms with Crippen LogP contribution in [0.4, 0.5) is 9.39 Å². The number of nitrogens with zero attached hydrogens (tertiary/aromatic N) is 1. The molecule has 0 radical (unpaired) electrons. The van der Waals surface area contributed by atoms with Crippen LogP contribution in [0.3, 0.4) is 0 Å². The molecule has 1 N–H and O–H groups in total. The maximum absolute atomic E-state index is 13.4. The molecule has 1 aromatic heterocycles. The van der Waals surface area contributed by atoms with Gasteiger partial charge < -0.3 is 5.32 Å². The summed E-state index contributed by atoms with van der Waals surface area (Å²) in [6.07, 6.45) is 2.29. The topological polar surface area (TPSA) is 49.4 Å². The smallest absolute Gasteiger partial charge is 0.239 e. The molecule has 150 valence electrons. The fourth-order valence-corrected chi connectivity index (χ4v) is 5.02. The third-order valence-corrected chi connectivity index (χ3v) is 6.38. The zero-order valence-corrected chi connectivity index (χ0v) is 17.1. The molecule has 0 aliphatic carbocycles. The summed E-state index contributed by atoms with van der Waals surface area (Å²) in [5, 5.41) is 4.07. The number of carbonyl (C=O) groups excluding carboxylic acids is 1. The number of anilines is 1. The SMILES string of the molecule is C[C@H]1CCCN(CC(=O)Nc2sc3ccccc3c(=O)c2-c2ccc(F)cc2)C1. The largest absolute Gasteiger partial charge is 0.316 e. The van der Waals surface area contributed by atoms with E-state index >= 15 is 0 Å². The lowest BCUT2D eigenvalue weighted by molar-refractivity contribution is -0.117. The number of amides is 1. The van der Waals surface area contributed by atoms with Gasteiger partial charge in [0, 0.05) is 16.6 Å². The molecule has 29 heavy (non-hydrogen) atoms. The van der Waals surface area contributed by atoms with Gasteiger partial charge in [0.2, 0.25) is 5.91 Å². The maximum atomic E-state index is 13.4. The summed E-state index contributed by atoms with van der Waals surface area (Å²) >= 11 is 1.37. The monoisotopic (exact) mass is 410 g/mol. The van der Waals surface area contributed by atoms with Crippen LogP contribution in [-0.2, 0) is 4.79 Å². The van der Waals surface area contributed by atoms with Crippen LogP contribution in [0.25, 0.3) is 21.2 Å². The van der Waals surface area contributed by atoms with Crippen LogP contribution in [0.5, 0.6) is 0 Å². The number of fused-ring (bicyclic) bond motifs is 1. The molecule has 4 nitrogen and oxygen atoms in total. The molecule has 2 aromatic carbocycles. The molecule has 1 atom stereocenters. The van der Waals surface area contributed by atoms with E-state index in [2.05, 4.69) is 17.1 Å². The van der Waals surface area contributed by atoms with Crippen molar-refractivity contribution in [2.75, 3.05) is 25.0 Å². The van der Waals surface area contributed by atoms with E-state index < -0.39 is 0 Å². The second-order valence-electron chi connectivity index (χ2n) is 7.67. The van der Waals surface area contributed by atoms with Crippen molar-refractivity contribution in [3.63, 3.8) is 0 Å². The van der Waals surface area contributed by atoms with Gasteiger partial charge in [0.15, 0.2) is 5.43 Å². The highest BCUT2D eigenvalue weighted by Crippen LogP contribution is 2.33. The normalized spacial score (nSPS) is 17.4. The van der Waals surface area contributed by atoms with Gasteiger partial charge in [0.05, 0.1) is 12.1 Å². The number of nitrogens with one attached hydrogen (secondary N) is 1. The van der Waals surface area contributed by atoms with E-state index in [1.165, 1.54) is 29.9 Å². The Balaban J connectivity index is 1.70. The van der Waals surface area contributed by atoms with Crippen molar-refractivity contribution in [1.29, 1.82) is 0 Å². The van der Waals surface area contributed by atoms with Crippen LogP contribution in [0, 0.1) is 11.7 Å². The van der Waals surface area contributed by atoms with Gasteiger partial charge in [-0.1, -0.05) is 31.2 Å². The first-order chi connectivity index (χ1) is 14.0. The Kier molecular flexibility index (Phi) is 5.74. The molecule has 1 amide bonds. The maximum Gasteiger partial charge on any atom is 0.239 e. The van der Waals surface area contributed by atoms with Gasteiger partial charge in [-0.05, 0) is 55.1 Å². The van der Waals surface area contributed by atoms with E-state index in [-0.39, 0.29) is 17.2 Å². The molecule has 2 heterocycles. The third kappa shape index (κ3) is 4.38. The number of piperidine rings is 1. The Bertz CT molecular complexity index is 1090. The lowest BCUT2D eigenvalue weighted by atomic mass is 10.0. The summed E-state index contributed by atoms with van der Waals surface area (Å²) in [5.74, 6) is 0.0897. The summed E-state index contributed by atoms with van der Waals surface area (Å²) in [6.45, 7) is 4.33. The Labute approximate surface area is 173 Å². The first kappa shape index (κ1) is 19.7. The van der Waals surface area contributed by atoms with E-state index in [0.717, 1.165) is 24.2 Å². The molecule has 1 fully saturated rings. The Morgan fingerprint density at radius 2 is 1.97 bits per heavy atom. The van der Waals surface area contributed by atoms with Gasteiger partial charge in [-0.25, -0.2) is 4.39 Å². The van der Waals surface area contributed by atoms with Crippen molar-refractivity contribution in [1.82, 2.24) is 4.90 Å². The Morgan fingerprint density at radius 1 is 1.21 bits per heavy atom. The molecule has 0 spiro atoms. The minimum Gasteiger partial charge on any atom is -0.316 e. The highest BCUT2D eigenvalue weighted by molar-refractivity contribution is 7.22. The van der Waals surface area contributed by atoms with E-state index in [1.807, 2.05) is 18.2 Å².